The van der Waals surface area contributed by atoms with E-state index in [2.05, 4.69) is 0 Å². The summed E-state index contributed by atoms with van der Waals surface area (Å²) < 4.78 is 36.0. The van der Waals surface area contributed by atoms with Crippen LogP contribution in [0.1, 0.15) is 11.1 Å². The summed E-state index contributed by atoms with van der Waals surface area (Å²) in [6.45, 7) is 1.72. The van der Waals surface area contributed by atoms with Gasteiger partial charge in [-0.3, -0.25) is 0 Å². The Balaban J connectivity index is 2.75. The summed E-state index contributed by atoms with van der Waals surface area (Å²) in [6.07, 6.45) is -7.19. The van der Waals surface area contributed by atoms with Crippen LogP contribution in [0.5, 0.6) is 0 Å². The summed E-state index contributed by atoms with van der Waals surface area (Å²) in [5.41, 5.74) is 1.29. The molecule has 1 aromatic carbocycles. The van der Waals surface area contributed by atoms with Gasteiger partial charge in [-0.15, -0.1) is 0 Å². The second-order valence-electron chi connectivity index (χ2n) is 3.19. The van der Waals surface area contributed by atoms with E-state index >= 15 is 0 Å². The lowest BCUT2D eigenvalue weighted by Crippen LogP contribution is -2.30. The maximum atomic E-state index is 12.0. The molecule has 0 saturated heterocycles. The maximum Gasteiger partial charge on any atom is 0.414 e. The average Bonchev–Trinajstić information content (AvgIpc) is 2.07. The zero-order chi connectivity index (χ0) is 10.8. The lowest BCUT2D eigenvalue weighted by molar-refractivity contribution is -0.203. The lowest BCUT2D eigenvalue weighted by Gasteiger charge is -2.15. The zero-order valence-electron chi connectivity index (χ0n) is 7.67. The van der Waals surface area contributed by atoms with E-state index in [0.717, 1.165) is 5.56 Å². The van der Waals surface area contributed by atoms with E-state index in [9.17, 15) is 13.2 Å². The zero-order valence-corrected chi connectivity index (χ0v) is 7.67. The first-order valence-corrected chi connectivity index (χ1v) is 4.20. The van der Waals surface area contributed by atoms with Crippen LogP contribution in [0.25, 0.3) is 0 Å². The summed E-state index contributed by atoms with van der Waals surface area (Å²) >= 11 is 0. The molecule has 78 valence electrons. The lowest BCUT2D eigenvalue weighted by atomic mass is 10.0. The molecule has 0 spiro atoms. The molecule has 0 aliphatic carbocycles. The van der Waals surface area contributed by atoms with Crippen LogP contribution >= 0.6 is 0 Å². The molecule has 0 aromatic heterocycles. The normalized spacial score (nSPS) is 14.1. The Hall–Kier alpha value is -1.03. The SMILES string of the molecule is Cc1ccccc1C[C@@H](O)C(F)(F)F. The smallest absolute Gasteiger partial charge is 0.383 e. The molecule has 1 nitrogen and oxygen atoms in total. The van der Waals surface area contributed by atoms with Gasteiger partial charge in [-0.25, -0.2) is 0 Å². The second kappa shape index (κ2) is 4.00. The fourth-order valence-corrected chi connectivity index (χ4v) is 1.16. The van der Waals surface area contributed by atoms with Crippen molar-refractivity contribution in [1.82, 2.24) is 0 Å². The van der Waals surface area contributed by atoms with Crippen LogP contribution in [0.4, 0.5) is 13.2 Å². The Labute approximate surface area is 80.2 Å². The van der Waals surface area contributed by atoms with Crippen molar-refractivity contribution in [2.45, 2.75) is 25.6 Å². The van der Waals surface area contributed by atoms with Gasteiger partial charge in [-0.2, -0.15) is 13.2 Å². The average molecular weight is 204 g/mol. The van der Waals surface area contributed by atoms with Gasteiger partial charge in [-0.1, -0.05) is 24.3 Å². The van der Waals surface area contributed by atoms with Crippen LogP contribution in [0.2, 0.25) is 0 Å². The number of aryl methyl sites for hydroxylation is 1. The fraction of sp³-hybridized carbons (Fsp3) is 0.400. The molecule has 0 radical (unpaired) electrons. The Kier molecular flexibility index (Phi) is 3.16. The van der Waals surface area contributed by atoms with Crippen molar-refractivity contribution < 1.29 is 18.3 Å². The Morgan fingerprint density at radius 1 is 1.29 bits per heavy atom. The van der Waals surface area contributed by atoms with Gasteiger partial charge in [0, 0.05) is 6.42 Å². The van der Waals surface area contributed by atoms with E-state index in [0.29, 0.717) is 5.56 Å². The highest BCUT2D eigenvalue weighted by molar-refractivity contribution is 5.26. The molecule has 0 fully saturated rings. The molecule has 1 rings (SSSR count). The number of aliphatic hydroxyl groups excluding tert-OH is 1. The minimum absolute atomic E-state index is 0.379. The highest BCUT2D eigenvalue weighted by Gasteiger charge is 2.38. The minimum Gasteiger partial charge on any atom is -0.383 e. The molecular formula is C10H11F3O. The summed E-state index contributed by atoms with van der Waals surface area (Å²) in [7, 11) is 0. The third kappa shape index (κ3) is 2.73. The molecule has 0 aliphatic rings. The van der Waals surface area contributed by atoms with Crippen molar-refractivity contribution in [3.8, 4) is 0 Å². The quantitative estimate of drug-likeness (QED) is 0.784. The van der Waals surface area contributed by atoms with Crippen molar-refractivity contribution >= 4 is 0 Å². The summed E-state index contributed by atoms with van der Waals surface area (Å²) in [4.78, 5) is 0. The minimum atomic E-state index is -4.54. The molecular weight excluding hydrogens is 193 g/mol. The summed E-state index contributed by atoms with van der Waals surface area (Å²) in [6, 6.07) is 6.72. The van der Waals surface area contributed by atoms with E-state index in [1.54, 1.807) is 31.2 Å². The number of alkyl halides is 3. The van der Waals surface area contributed by atoms with Gasteiger partial charge in [0.15, 0.2) is 6.10 Å². The Bertz CT molecular complexity index is 306. The molecule has 0 unspecified atom stereocenters. The van der Waals surface area contributed by atoms with Gasteiger partial charge in [-0.05, 0) is 18.1 Å². The van der Waals surface area contributed by atoms with Crippen LogP contribution in [-0.4, -0.2) is 17.4 Å². The van der Waals surface area contributed by atoms with Gasteiger partial charge >= 0.3 is 6.18 Å². The number of aliphatic hydroxyl groups is 1. The van der Waals surface area contributed by atoms with E-state index in [1.807, 2.05) is 0 Å². The highest BCUT2D eigenvalue weighted by Crippen LogP contribution is 2.23. The van der Waals surface area contributed by atoms with Crippen molar-refractivity contribution in [1.29, 1.82) is 0 Å². The molecule has 0 heterocycles. The molecule has 0 saturated carbocycles. The van der Waals surface area contributed by atoms with Gasteiger partial charge in [0.05, 0.1) is 0 Å². The van der Waals surface area contributed by atoms with Crippen molar-refractivity contribution in [3.05, 3.63) is 35.4 Å². The molecule has 0 amide bonds. The van der Waals surface area contributed by atoms with E-state index in [4.69, 9.17) is 5.11 Å². The third-order valence-corrected chi connectivity index (χ3v) is 2.05. The van der Waals surface area contributed by atoms with Crippen molar-refractivity contribution in [2.75, 3.05) is 0 Å². The van der Waals surface area contributed by atoms with Crippen LogP contribution in [0.3, 0.4) is 0 Å². The number of hydrogen-bond donors (Lipinski definition) is 1. The molecule has 1 aromatic rings. The van der Waals surface area contributed by atoms with Crippen LogP contribution < -0.4 is 0 Å². The van der Waals surface area contributed by atoms with Crippen LogP contribution in [0.15, 0.2) is 24.3 Å². The first-order valence-electron chi connectivity index (χ1n) is 4.20. The molecule has 4 heteroatoms. The van der Waals surface area contributed by atoms with Crippen LogP contribution in [0, 0.1) is 6.92 Å². The van der Waals surface area contributed by atoms with Gasteiger partial charge < -0.3 is 5.11 Å². The van der Waals surface area contributed by atoms with Gasteiger partial charge in [0.2, 0.25) is 0 Å². The molecule has 1 atom stereocenters. The first-order chi connectivity index (χ1) is 6.41. The van der Waals surface area contributed by atoms with Crippen molar-refractivity contribution in [2.24, 2.45) is 0 Å². The highest BCUT2D eigenvalue weighted by atomic mass is 19.4. The summed E-state index contributed by atoms with van der Waals surface area (Å²) in [5.74, 6) is 0. The number of hydrogen-bond acceptors (Lipinski definition) is 1. The number of benzene rings is 1. The number of rotatable bonds is 2. The molecule has 1 N–H and O–H groups in total. The van der Waals surface area contributed by atoms with Crippen LogP contribution in [-0.2, 0) is 6.42 Å². The predicted octanol–water partition coefficient (Wildman–Crippen LogP) is 2.46. The van der Waals surface area contributed by atoms with E-state index in [1.165, 1.54) is 0 Å². The summed E-state index contributed by atoms with van der Waals surface area (Å²) in [5, 5.41) is 8.84. The Morgan fingerprint density at radius 3 is 2.36 bits per heavy atom. The van der Waals surface area contributed by atoms with E-state index < -0.39 is 12.3 Å². The van der Waals surface area contributed by atoms with Gasteiger partial charge in [0.1, 0.15) is 0 Å². The topological polar surface area (TPSA) is 20.2 Å². The number of halogens is 3. The monoisotopic (exact) mass is 204 g/mol. The fourth-order valence-electron chi connectivity index (χ4n) is 1.16. The third-order valence-electron chi connectivity index (χ3n) is 2.05. The first kappa shape index (κ1) is 11.0. The maximum absolute atomic E-state index is 12.0. The molecule has 0 aliphatic heterocycles. The second-order valence-corrected chi connectivity index (χ2v) is 3.19. The standard InChI is InChI=1S/C10H11F3O/c1-7-4-2-3-5-8(7)6-9(14)10(11,12)13/h2-5,9,14H,6H2,1H3/t9-/m1/s1. The molecule has 14 heavy (non-hydrogen) atoms. The van der Waals surface area contributed by atoms with Gasteiger partial charge in [0.25, 0.3) is 0 Å². The van der Waals surface area contributed by atoms with Crippen molar-refractivity contribution in [3.63, 3.8) is 0 Å². The predicted molar refractivity (Wildman–Crippen MR) is 46.9 cm³/mol. The Morgan fingerprint density at radius 2 is 1.86 bits per heavy atom. The van der Waals surface area contributed by atoms with E-state index in [-0.39, 0.29) is 6.42 Å². The largest absolute Gasteiger partial charge is 0.414 e. The molecule has 0 bridgehead atoms.